The molecule has 2 aromatic carbocycles. The molecule has 11 N–H and O–H groups in total. The summed E-state index contributed by atoms with van der Waals surface area (Å²) in [5, 5.41) is 34.4. The smallest absolute Gasteiger partial charge is 0.329 e. The number of aliphatic carboxylic acids is 1. The third-order valence-electron chi connectivity index (χ3n) is 13.7. The molecule has 2 aliphatic rings. The zero-order valence-corrected chi connectivity index (χ0v) is 45.2. The fourth-order valence-electron chi connectivity index (χ4n) is 9.24. The number of nitrogens with two attached hydrogens (primary N) is 2. The van der Waals surface area contributed by atoms with Crippen LogP contribution in [-0.4, -0.2) is 155 Å². The minimum Gasteiger partial charge on any atom is -0.497 e. The van der Waals surface area contributed by atoms with E-state index in [0.717, 1.165) is 48.3 Å². The SMILES string of the molecule is CCCCCCCCCC(=O)NC(CC(=O)O)C(=O)NC1C(=O)NC(CCCN=C(N)N)C(=O)NC2CCC(O)N(C2=O)C(Cc2ccccc2)C(=O)N(C)C(Cc2ccc(OC)cc2)C(=O)NC(C(C)C)C(=O)OC1C. The van der Waals surface area contributed by atoms with Gasteiger partial charge in [0.2, 0.25) is 41.4 Å². The van der Waals surface area contributed by atoms with Gasteiger partial charge in [-0.25, -0.2) is 4.79 Å². The Hall–Kier alpha value is -7.30. The summed E-state index contributed by atoms with van der Waals surface area (Å²) in [7, 11) is 2.86. The number of carboxylic acids is 1. The molecule has 9 atom stereocenters. The van der Waals surface area contributed by atoms with Gasteiger partial charge in [0.25, 0.3) is 0 Å². The van der Waals surface area contributed by atoms with Gasteiger partial charge in [-0.1, -0.05) is 102 Å². The standard InChI is InChI=1S/C54H80N10O13/c1-7-8-9-10-11-12-16-21-42(65)58-39(31-44(67)68)48(70)62-46-33(4)77-53(75)45(32(2)3)61-49(71)40(29-35-22-24-36(76-6)25-23-35)63(5)52(74)41(30-34-18-14-13-15-19-34)64-43(66)27-26-38(51(64)73)60-47(69)37(59-50(46)72)20-17-28-57-54(55)56/h13-15,18-19,22-25,32-33,37-41,43,45-46,66H,7-12,16-17,20-21,26-31H2,1-6H3,(H,58,65)(H,59,72)(H,60,69)(H,61,71)(H,62,70)(H,67,68)(H4,55,56,57). The first-order valence-electron chi connectivity index (χ1n) is 26.6. The molecule has 4 rings (SSSR count). The predicted molar refractivity (Wildman–Crippen MR) is 284 cm³/mol. The van der Waals surface area contributed by atoms with Gasteiger partial charge in [0.15, 0.2) is 5.96 Å². The number of carbonyl (C=O) groups excluding carboxylic acids is 8. The highest BCUT2D eigenvalue weighted by molar-refractivity contribution is 5.99. The topological polar surface area (TPSA) is 344 Å². The van der Waals surface area contributed by atoms with Crippen molar-refractivity contribution in [2.45, 2.75) is 179 Å². The van der Waals surface area contributed by atoms with Crippen molar-refractivity contribution in [1.82, 2.24) is 36.4 Å². The number of aliphatic imine (C=N–C) groups is 1. The number of esters is 1. The van der Waals surface area contributed by atoms with Crippen molar-refractivity contribution in [2.24, 2.45) is 22.4 Å². The number of nitrogens with zero attached hydrogens (tertiary/aromatic N) is 3. The Morgan fingerprint density at radius 3 is 2.08 bits per heavy atom. The van der Waals surface area contributed by atoms with Gasteiger partial charge in [0.05, 0.1) is 13.5 Å². The number of cyclic esters (lactones) is 1. The lowest BCUT2D eigenvalue weighted by Gasteiger charge is -2.43. The third-order valence-corrected chi connectivity index (χ3v) is 13.7. The Morgan fingerprint density at radius 2 is 1.45 bits per heavy atom. The molecule has 2 saturated heterocycles. The van der Waals surface area contributed by atoms with E-state index < -0.39 is 120 Å². The first kappa shape index (κ1) is 62.2. The normalized spacial score (nSPS) is 23.2. The third kappa shape index (κ3) is 19.3. The number of ether oxygens (including phenoxy) is 2. The monoisotopic (exact) mass is 1080 g/mol. The van der Waals surface area contributed by atoms with Crippen LogP contribution in [0.4, 0.5) is 0 Å². The minimum atomic E-state index is -1.88. The molecule has 2 bridgehead atoms. The Balaban J connectivity index is 1.83. The zero-order chi connectivity index (χ0) is 56.8. The molecule has 0 aliphatic carbocycles. The van der Waals surface area contributed by atoms with Crippen molar-refractivity contribution >= 4 is 59.2 Å². The van der Waals surface area contributed by atoms with E-state index in [4.69, 9.17) is 20.9 Å². The lowest BCUT2D eigenvalue weighted by atomic mass is 9.95. The highest BCUT2D eigenvalue weighted by atomic mass is 16.5. The van der Waals surface area contributed by atoms with Crippen LogP contribution in [0.2, 0.25) is 0 Å². The summed E-state index contributed by atoms with van der Waals surface area (Å²) >= 11 is 0. The summed E-state index contributed by atoms with van der Waals surface area (Å²) in [6, 6.07) is 4.69. The highest BCUT2D eigenvalue weighted by Gasteiger charge is 2.46. The van der Waals surface area contributed by atoms with E-state index >= 15 is 4.79 Å². The number of hydrogen-bond acceptors (Lipinski definition) is 13. The second-order valence-electron chi connectivity index (χ2n) is 20.0. The number of amides is 7. The number of nitrogens with one attached hydrogen (secondary N) is 5. The number of piperidine rings is 1. The number of likely N-dealkylation sites (N-methyl/N-ethyl adjacent to an activating group) is 1. The number of aliphatic hydroxyl groups excluding tert-OH is 1. The van der Waals surface area contributed by atoms with Gasteiger partial charge in [-0.05, 0) is 68.2 Å². The number of hydrogen-bond donors (Lipinski definition) is 9. The number of fused-ring (bicyclic) bond motifs is 2. The molecule has 2 aromatic rings. The van der Waals surface area contributed by atoms with Crippen molar-refractivity contribution in [2.75, 3.05) is 20.7 Å². The molecule has 2 aliphatic heterocycles. The highest BCUT2D eigenvalue weighted by Crippen LogP contribution is 2.26. The van der Waals surface area contributed by atoms with Gasteiger partial charge in [0, 0.05) is 32.9 Å². The van der Waals surface area contributed by atoms with Crippen LogP contribution in [0.15, 0.2) is 59.6 Å². The quantitative estimate of drug-likeness (QED) is 0.0328. The van der Waals surface area contributed by atoms with Crippen molar-refractivity contribution in [3.05, 3.63) is 65.7 Å². The Kier molecular flexibility index (Phi) is 25.1. The van der Waals surface area contributed by atoms with Crippen molar-refractivity contribution in [1.29, 1.82) is 0 Å². The van der Waals surface area contributed by atoms with Gasteiger partial charge in [-0.15, -0.1) is 0 Å². The van der Waals surface area contributed by atoms with Crippen LogP contribution in [0.5, 0.6) is 5.75 Å². The van der Waals surface area contributed by atoms with E-state index in [9.17, 15) is 48.6 Å². The van der Waals surface area contributed by atoms with Gasteiger partial charge in [-0.3, -0.25) is 43.3 Å². The molecule has 424 valence electrons. The van der Waals surface area contributed by atoms with E-state index in [2.05, 4.69) is 38.5 Å². The molecule has 0 radical (unpaired) electrons. The number of rotatable bonds is 23. The maximum absolute atomic E-state index is 15.2. The number of methoxy groups -OCH3 is 1. The Bertz CT molecular complexity index is 2350. The van der Waals surface area contributed by atoms with Crippen LogP contribution < -0.4 is 42.8 Å². The number of unbranched alkanes of at least 4 members (excludes halogenated alkanes) is 6. The van der Waals surface area contributed by atoms with Crippen LogP contribution in [0.25, 0.3) is 0 Å². The molecule has 7 amide bonds. The van der Waals surface area contributed by atoms with Crippen LogP contribution in [-0.2, 0) is 60.7 Å². The van der Waals surface area contributed by atoms with E-state index in [0.29, 0.717) is 23.3 Å². The maximum Gasteiger partial charge on any atom is 0.329 e. The van der Waals surface area contributed by atoms with Gasteiger partial charge < -0.3 is 67.5 Å². The zero-order valence-electron chi connectivity index (χ0n) is 45.2. The first-order valence-corrected chi connectivity index (χ1v) is 26.6. The summed E-state index contributed by atoms with van der Waals surface area (Å²) < 4.78 is 11.2. The fraction of sp³-hybridized carbons (Fsp3) is 0.593. The largest absolute Gasteiger partial charge is 0.497 e. The van der Waals surface area contributed by atoms with E-state index in [1.165, 1.54) is 21.1 Å². The molecular weight excluding hydrogens is 997 g/mol. The average Bonchev–Trinajstić information content (AvgIpc) is 3.38. The molecule has 23 heteroatoms. The van der Waals surface area contributed by atoms with Crippen LogP contribution >= 0.6 is 0 Å². The van der Waals surface area contributed by atoms with Crippen molar-refractivity contribution < 1.29 is 62.8 Å². The average molecular weight is 1080 g/mol. The van der Waals surface area contributed by atoms with Crippen molar-refractivity contribution in [3.63, 3.8) is 0 Å². The van der Waals surface area contributed by atoms with Crippen LogP contribution in [0.1, 0.15) is 122 Å². The fourth-order valence-corrected chi connectivity index (χ4v) is 9.24. The molecular formula is C54H80N10O13. The summed E-state index contributed by atoms with van der Waals surface area (Å²) in [4.78, 5) is 134. The Labute approximate surface area is 450 Å². The Morgan fingerprint density at radius 1 is 0.818 bits per heavy atom. The molecule has 2 fully saturated rings. The van der Waals surface area contributed by atoms with Crippen LogP contribution in [0.3, 0.4) is 0 Å². The molecule has 9 unspecified atom stereocenters. The second-order valence-corrected chi connectivity index (χ2v) is 20.0. The number of guanidine groups is 1. The van der Waals surface area contributed by atoms with E-state index in [1.54, 1.807) is 68.4 Å². The molecule has 23 nitrogen and oxygen atoms in total. The summed E-state index contributed by atoms with van der Waals surface area (Å²) in [5.41, 5.74) is 12.3. The lowest BCUT2D eigenvalue weighted by molar-refractivity contribution is -0.165. The van der Waals surface area contributed by atoms with Gasteiger partial charge in [-0.2, -0.15) is 0 Å². The second kappa shape index (κ2) is 31.1. The summed E-state index contributed by atoms with van der Waals surface area (Å²) in [6.45, 7) is 6.58. The molecule has 2 heterocycles. The minimum absolute atomic E-state index is 0.00708. The molecule has 0 saturated carbocycles. The number of carboxylic acid groups (broad SMARTS) is 1. The number of aliphatic hydroxyl groups is 1. The summed E-state index contributed by atoms with van der Waals surface area (Å²) in [5.74, 6) is -9.11. The van der Waals surface area contributed by atoms with Gasteiger partial charge in [0.1, 0.15) is 60.4 Å². The number of benzene rings is 2. The summed E-state index contributed by atoms with van der Waals surface area (Å²) in [6.07, 6.45) is 1.77. The predicted octanol–water partition coefficient (Wildman–Crippen LogP) is 1.31. The molecule has 0 aromatic heterocycles. The lowest BCUT2D eigenvalue weighted by Crippen LogP contribution is -2.65. The number of carbonyl (C=O) groups is 9. The van der Waals surface area contributed by atoms with Crippen LogP contribution in [0, 0.1) is 5.92 Å². The first-order chi connectivity index (χ1) is 36.6. The maximum atomic E-state index is 15.2. The van der Waals surface area contributed by atoms with Crippen molar-refractivity contribution in [3.8, 4) is 5.75 Å². The molecule has 0 spiro atoms. The van der Waals surface area contributed by atoms with E-state index in [1.807, 2.05) is 0 Å². The molecule has 77 heavy (non-hydrogen) atoms. The van der Waals surface area contributed by atoms with Gasteiger partial charge >= 0.3 is 11.9 Å². The van der Waals surface area contributed by atoms with E-state index in [-0.39, 0.29) is 57.5 Å².